The molecule has 0 saturated carbocycles. The van der Waals surface area contributed by atoms with Gasteiger partial charge < -0.3 is 24.1 Å². The summed E-state index contributed by atoms with van der Waals surface area (Å²) in [6.07, 6.45) is 5.57. The predicted octanol–water partition coefficient (Wildman–Crippen LogP) is 3.17. The van der Waals surface area contributed by atoms with Gasteiger partial charge in [0.1, 0.15) is 22.8 Å². The number of carbonyl (C=O) groups is 3. The maximum atomic E-state index is 13.2. The number of aromatic hydroxyl groups is 1. The molecule has 0 fully saturated rings. The number of esters is 2. The molecule has 170 valence electrons. The summed E-state index contributed by atoms with van der Waals surface area (Å²) in [6, 6.07) is 2.66. The summed E-state index contributed by atoms with van der Waals surface area (Å²) < 4.78 is 22.2. The number of hydrogen-bond donors (Lipinski definition) is 1. The van der Waals surface area contributed by atoms with Crippen LogP contribution in [0.15, 0.2) is 47.8 Å². The van der Waals surface area contributed by atoms with Crippen molar-refractivity contribution in [1.82, 2.24) is 0 Å². The maximum absolute atomic E-state index is 13.2. The van der Waals surface area contributed by atoms with Crippen molar-refractivity contribution < 1.29 is 38.4 Å². The first-order chi connectivity index (χ1) is 15.1. The van der Waals surface area contributed by atoms with Crippen LogP contribution in [-0.2, 0) is 23.8 Å². The number of ether oxygens (including phenoxy) is 4. The Bertz CT molecular complexity index is 1050. The van der Waals surface area contributed by atoms with Crippen LogP contribution in [0.2, 0.25) is 0 Å². The molecule has 0 aromatic heterocycles. The van der Waals surface area contributed by atoms with Gasteiger partial charge in [0.2, 0.25) is 11.4 Å². The van der Waals surface area contributed by atoms with Crippen molar-refractivity contribution in [2.75, 3.05) is 13.7 Å². The van der Waals surface area contributed by atoms with Gasteiger partial charge in [-0.3, -0.25) is 9.59 Å². The topological polar surface area (TPSA) is 108 Å². The Balaban J connectivity index is 2.04. The van der Waals surface area contributed by atoms with Crippen LogP contribution in [0.3, 0.4) is 0 Å². The molecule has 0 saturated heterocycles. The third-order valence-electron chi connectivity index (χ3n) is 5.50. The van der Waals surface area contributed by atoms with Crippen LogP contribution >= 0.6 is 0 Å². The number of hydrogen-bond acceptors (Lipinski definition) is 8. The minimum Gasteiger partial charge on any atom is -0.508 e. The number of allylic oxidation sites excluding steroid dienone is 3. The molecule has 0 unspecified atom stereocenters. The fourth-order valence-corrected chi connectivity index (χ4v) is 3.97. The van der Waals surface area contributed by atoms with Gasteiger partial charge in [-0.25, -0.2) is 4.79 Å². The van der Waals surface area contributed by atoms with Crippen molar-refractivity contribution in [2.45, 2.75) is 39.4 Å². The lowest BCUT2D eigenvalue weighted by atomic mass is 9.74. The number of ketones is 1. The fraction of sp³-hybridized carbons (Fsp3) is 0.375. The molecule has 8 nitrogen and oxygen atoms in total. The minimum absolute atomic E-state index is 0.0610. The van der Waals surface area contributed by atoms with E-state index in [1.165, 1.54) is 39.2 Å². The van der Waals surface area contributed by atoms with Gasteiger partial charge >= 0.3 is 11.9 Å². The van der Waals surface area contributed by atoms with Gasteiger partial charge in [0.25, 0.3) is 0 Å². The van der Waals surface area contributed by atoms with Crippen molar-refractivity contribution in [3.63, 3.8) is 0 Å². The Morgan fingerprint density at radius 3 is 2.62 bits per heavy atom. The van der Waals surface area contributed by atoms with Crippen LogP contribution in [0.5, 0.6) is 11.5 Å². The Labute approximate surface area is 186 Å². The molecule has 32 heavy (non-hydrogen) atoms. The van der Waals surface area contributed by atoms with Crippen LogP contribution in [0.4, 0.5) is 0 Å². The van der Waals surface area contributed by atoms with Crippen LogP contribution in [0, 0.1) is 12.8 Å². The lowest BCUT2D eigenvalue weighted by Gasteiger charge is -2.43. The van der Waals surface area contributed by atoms with Crippen molar-refractivity contribution in [1.29, 1.82) is 0 Å². The molecular weight excluding hydrogens is 416 g/mol. The zero-order chi connectivity index (χ0) is 23.6. The van der Waals surface area contributed by atoms with E-state index < -0.39 is 35.3 Å². The second-order valence-corrected chi connectivity index (χ2v) is 7.84. The first kappa shape index (κ1) is 23.1. The number of carbonyl (C=O) groups excluding carboxylic acids is 3. The summed E-state index contributed by atoms with van der Waals surface area (Å²) >= 11 is 0. The second kappa shape index (κ2) is 8.90. The molecule has 0 amide bonds. The van der Waals surface area contributed by atoms with E-state index >= 15 is 0 Å². The minimum atomic E-state index is -1.79. The number of methoxy groups -OCH3 is 1. The highest BCUT2D eigenvalue weighted by molar-refractivity contribution is 6.03. The van der Waals surface area contributed by atoms with Crippen LogP contribution < -0.4 is 4.74 Å². The van der Waals surface area contributed by atoms with Crippen molar-refractivity contribution in [2.24, 2.45) is 5.92 Å². The SMILES string of the molecule is CC=CC1=CC2=CC(=O)[C@](C)(OC(=O)c3c(C)cc(O)cc3OC)[C@@H](OC(C)=O)[C@@H]2CO1. The Hall–Kier alpha value is -3.55. The van der Waals surface area contributed by atoms with Gasteiger partial charge in [-0.15, -0.1) is 0 Å². The van der Waals surface area contributed by atoms with Crippen molar-refractivity contribution in [3.05, 3.63) is 58.9 Å². The molecule has 1 aliphatic heterocycles. The zero-order valence-electron chi connectivity index (χ0n) is 18.6. The number of phenols is 1. The first-order valence-electron chi connectivity index (χ1n) is 10.1. The number of aryl methyl sites for hydroxylation is 1. The van der Waals surface area contributed by atoms with Gasteiger partial charge in [0.15, 0.2) is 6.10 Å². The molecule has 1 aliphatic carbocycles. The van der Waals surface area contributed by atoms with Crippen molar-refractivity contribution in [3.8, 4) is 11.5 Å². The van der Waals surface area contributed by atoms with Crippen LogP contribution in [0.1, 0.15) is 36.7 Å². The molecular formula is C24H26O8. The summed E-state index contributed by atoms with van der Waals surface area (Å²) in [4.78, 5) is 38.2. The Kier molecular flexibility index (Phi) is 6.43. The second-order valence-electron chi connectivity index (χ2n) is 7.84. The molecule has 0 spiro atoms. The van der Waals surface area contributed by atoms with E-state index in [9.17, 15) is 19.5 Å². The normalized spacial score (nSPS) is 24.7. The van der Waals surface area contributed by atoms with E-state index in [4.69, 9.17) is 18.9 Å². The molecule has 2 aliphatic rings. The maximum Gasteiger partial charge on any atom is 0.343 e. The summed E-state index contributed by atoms with van der Waals surface area (Å²) in [7, 11) is 1.35. The summed E-state index contributed by atoms with van der Waals surface area (Å²) in [5.74, 6) is -1.89. The summed E-state index contributed by atoms with van der Waals surface area (Å²) in [5, 5.41) is 9.80. The Morgan fingerprint density at radius 1 is 1.28 bits per heavy atom. The molecule has 3 atom stereocenters. The van der Waals surface area contributed by atoms with Gasteiger partial charge in [0.05, 0.1) is 19.6 Å². The monoisotopic (exact) mass is 442 g/mol. The highest BCUT2D eigenvalue weighted by Gasteiger charge is 2.54. The molecule has 8 heteroatoms. The number of benzene rings is 1. The average Bonchev–Trinajstić information content (AvgIpc) is 2.70. The smallest absolute Gasteiger partial charge is 0.343 e. The molecule has 1 aromatic rings. The van der Waals surface area contributed by atoms with E-state index in [1.807, 2.05) is 6.92 Å². The molecule has 3 rings (SSSR count). The largest absolute Gasteiger partial charge is 0.508 e. The molecule has 1 N–H and O–H groups in total. The van der Waals surface area contributed by atoms with Crippen molar-refractivity contribution >= 4 is 17.7 Å². The lowest BCUT2D eigenvalue weighted by molar-refractivity contribution is -0.175. The van der Waals surface area contributed by atoms with E-state index in [1.54, 1.807) is 25.2 Å². The van der Waals surface area contributed by atoms with Crippen LogP contribution in [0.25, 0.3) is 0 Å². The third kappa shape index (κ3) is 4.26. The average molecular weight is 442 g/mol. The third-order valence-corrected chi connectivity index (χ3v) is 5.50. The zero-order valence-corrected chi connectivity index (χ0v) is 18.6. The number of phenolic OH excluding ortho intramolecular Hbond substituents is 1. The van der Waals surface area contributed by atoms with Gasteiger partial charge in [-0.05, 0) is 56.2 Å². The number of fused-ring (bicyclic) bond motifs is 1. The van der Waals surface area contributed by atoms with Gasteiger partial charge in [-0.2, -0.15) is 0 Å². The molecule has 1 aromatic carbocycles. The highest BCUT2D eigenvalue weighted by atomic mass is 16.6. The van der Waals surface area contributed by atoms with E-state index in [0.717, 1.165) is 0 Å². The number of rotatable bonds is 5. The standard InChI is InChI=1S/C24H26O8/c1-6-7-17-9-15-10-20(27)24(4,22(31-14(3)25)18(15)12-30-17)32-23(28)21-13(2)8-16(26)11-19(21)29-5/h6-11,18,22,26H,12H2,1-5H3/t18-,22+,24+/m1/s1. The fourth-order valence-electron chi connectivity index (χ4n) is 3.97. The quantitative estimate of drug-likeness (QED) is 0.693. The van der Waals surface area contributed by atoms with Gasteiger partial charge in [-0.1, -0.05) is 6.08 Å². The molecule has 0 bridgehead atoms. The van der Waals surface area contributed by atoms with Gasteiger partial charge in [0, 0.05) is 13.0 Å². The van der Waals surface area contributed by atoms with E-state index in [2.05, 4.69) is 0 Å². The Morgan fingerprint density at radius 2 is 2.00 bits per heavy atom. The summed E-state index contributed by atoms with van der Waals surface area (Å²) in [5.41, 5.74) is -0.695. The highest BCUT2D eigenvalue weighted by Crippen LogP contribution is 2.40. The van der Waals surface area contributed by atoms with E-state index in [0.29, 0.717) is 16.9 Å². The molecule has 1 heterocycles. The predicted molar refractivity (Wildman–Crippen MR) is 114 cm³/mol. The molecule has 0 radical (unpaired) electrons. The van der Waals surface area contributed by atoms with E-state index in [-0.39, 0.29) is 23.7 Å². The lowest BCUT2D eigenvalue weighted by Crippen LogP contribution is -2.58. The first-order valence-corrected chi connectivity index (χ1v) is 10.1. The summed E-state index contributed by atoms with van der Waals surface area (Å²) in [6.45, 7) is 6.23. The van der Waals surface area contributed by atoms with Crippen LogP contribution in [-0.4, -0.2) is 48.3 Å².